The van der Waals surface area contributed by atoms with E-state index >= 15 is 0 Å². The lowest BCUT2D eigenvalue weighted by atomic mass is 10.0. The van der Waals surface area contributed by atoms with E-state index in [-0.39, 0.29) is 24.5 Å². The Bertz CT molecular complexity index is 1070. The van der Waals surface area contributed by atoms with E-state index in [1.807, 2.05) is 61.0 Å². The third-order valence-corrected chi connectivity index (χ3v) is 5.41. The first-order chi connectivity index (χ1) is 14.5. The Labute approximate surface area is 176 Å². The highest BCUT2D eigenvalue weighted by Gasteiger charge is 2.24. The molecule has 3 aromatic rings. The standard InChI is InChI=1S/C24H26N4O2/c1-17-13-19(16-25-24(17)20-7-4-3-5-8-20)15-21(29)9-10-23(30)27-11-6-12-28-22(27)14-18(2)26-28/h3-5,7-8,13-14,16H,6,9-12,15H2,1-2H3. The van der Waals surface area contributed by atoms with Gasteiger partial charge in [0.05, 0.1) is 11.4 Å². The molecule has 154 valence electrons. The number of nitrogens with zero attached hydrogens (tertiary/aromatic N) is 4. The van der Waals surface area contributed by atoms with E-state index in [0.717, 1.165) is 46.9 Å². The molecule has 1 aliphatic rings. The van der Waals surface area contributed by atoms with Crippen molar-refractivity contribution in [1.82, 2.24) is 14.8 Å². The molecule has 2 aromatic heterocycles. The van der Waals surface area contributed by atoms with E-state index in [0.29, 0.717) is 13.0 Å². The van der Waals surface area contributed by atoms with Crippen LogP contribution in [0, 0.1) is 13.8 Å². The molecule has 1 aliphatic heterocycles. The highest BCUT2D eigenvalue weighted by molar-refractivity contribution is 5.95. The Kier molecular flexibility index (Phi) is 5.74. The van der Waals surface area contributed by atoms with Crippen LogP contribution in [0.5, 0.6) is 0 Å². The summed E-state index contributed by atoms with van der Waals surface area (Å²) in [5, 5.41) is 4.42. The van der Waals surface area contributed by atoms with Crippen LogP contribution in [0.15, 0.2) is 48.7 Å². The fraction of sp³-hybridized carbons (Fsp3) is 0.333. The number of anilines is 1. The van der Waals surface area contributed by atoms with Gasteiger partial charge < -0.3 is 0 Å². The molecule has 0 radical (unpaired) electrons. The van der Waals surface area contributed by atoms with Crippen molar-refractivity contribution < 1.29 is 9.59 Å². The maximum absolute atomic E-state index is 12.7. The Balaban J connectivity index is 1.35. The van der Waals surface area contributed by atoms with Crippen LogP contribution in [0.4, 0.5) is 5.82 Å². The summed E-state index contributed by atoms with van der Waals surface area (Å²) in [5.41, 5.74) is 4.83. The minimum absolute atomic E-state index is 0.0158. The number of aromatic nitrogens is 3. The molecule has 30 heavy (non-hydrogen) atoms. The zero-order valence-electron chi connectivity index (χ0n) is 17.5. The number of ketones is 1. The summed E-state index contributed by atoms with van der Waals surface area (Å²) in [6.45, 7) is 5.45. The van der Waals surface area contributed by atoms with E-state index in [4.69, 9.17) is 0 Å². The number of fused-ring (bicyclic) bond motifs is 1. The summed E-state index contributed by atoms with van der Waals surface area (Å²) in [7, 11) is 0. The molecule has 1 amide bonds. The van der Waals surface area contributed by atoms with Gasteiger partial charge in [-0.3, -0.25) is 19.5 Å². The van der Waals surface area contributed by atoms with Gasteiger partial charge in [0.25, 0.3) is 0 Å². The second-order valence-corrected chi connectivity index (χ2v) is 7.86. The van der Waals surface area contributed by atoms with Crippen molar-refractivity contribution in [2.45, 2.75) is 46.1 Å². The molecular weight excluding hydrogens is 376 g/mol. The number of carbonyl (C=O) groups excluding carboxylic acids is 2. The monoisotopic (exact) mass is 402 g/mol. The Hall–Kier alpha value is -3.28. The summed E-state index contributed by atoms with van der Waals surface area (Å²) in [6.07, 6.45) is 3.40. The maximum Gasteiger partial charge on any atom is 0.228 e. The van der Waals surface area contributed by atoms with Crippen LogP contribution in [0.25, 0.3) is 11.3 Å². The van der Waals surface area contributed by atoms with Gasteiger partial charge in [-0.1, -0.05) is 36.4 Å². The fourth-order valence-electron chi connectivity index (χ4n) is 3.98. The zero-order chi connectivity index (χ0) is 21.1. The second kappa shape index (κ2) is 8.61. The third kappa shape index (κ3) is 4.32. The van der Waals surface area contributed by atoms with Crippen molar-refractivity contribution >= 4 is 17.5 Å². The number of pyridine rings is 1. The molecule has 0 spiro atoms. The van der Waals surface area contributed by atoms with Gasteiger partial charge in [0, 0.05) is 50.2 Å². The number of hydrogen-bond acceptors (Lipinski definition) is 4. The average Bonchev–Trinajstić information content (AvgIpc) is 3.13. The number of amides is 1. The first kappa shape index (κ1) is 20.0. The van der Waals surface area contributed by atoms with Gasteiger partial charge in [0.2, 0.25) is 5.91 Å². The van der Waals surface area contributed by atoms with Crippen molar-refractivity contribution in [2.24, 2.45) is 0 Å². The van der Waals surface area contributed by atoms with Gasteiger partial charge in [-0.15, -0.1) is 0 Å². The number of benzene rings is 1. The lowest BCUT2D eigenvalue weighted by Crippen LogP contribution is -2.37. The molecule has 6 heteroatoms. The first-order valence-corrected chi connectivity index (χ1v) is 10.4. The molecule has 3 heterocycles. The average molecular weight is 402 g/mol. The molecule has 0 N–H and O–H groups in total. The lowest BCUT2D eigenvalue weighted by molar-refractivity contribution is -0.123. The first-order valence-electron chi connectivity index (χ1n) is 10.4. The van der Waals surface area contributed by atoms with E-state index in [1.165, 1.54) is 0 Å². The molecule has 0 bridgehead atoms. The van der Waals surface area contributed by atoms with Gasteiger partial charge in [-0.2, -0.15) is 5.10 Å². The minimum atomic E-state index is -0.0158. The fourth-order valence-corrected chi connectivity index (χ4v) is 3.98. The smallest absolute Gasteiger partial charge is 0.228 e. The molecule has 0 aliphatic carbocycles. The highest BCUT2D eigenvalue weighted by Crippen LogP contribution is 2.23. The van der Waals surface area contributed by atoms with E-state index in [9.17, 15) is 9.59 Å². The van der Waals surface area contributed by atoms with Crippen LogP contribution in [-0.4, -0.2) is 33.0 Å². The quantitative estimate of drug-likeness (QED) is 0.627. The molecule has 0 fully saturated rings. The number of Topliss-reactive ketones (excluding diaryl/α,β-unsaturated/α-hetero) is 1. The molecule has 0 saturated heterocycles. The molecule has 0 unspecified atom stereocenters. The van der Waals surface area contributed by atoms with Crippen LogP contribution in [0.2, 0.25) is 0 Å². The van der Waals surface area contributed by atoms with Crippen LogP contribution in [0.1, 0.15) is 36.1 Å². The van der Waals surface area contributed by atoms with Crippen LogP contribution >= 0.6 is 0 Å². The number of hydrogen-bond donors (Lipinski definition) is 0. The van der Waals surface area contributed by atoms with Crippen LogP contribution in [0.3, 0.4) is 0 Å². The molecular formula is C24H26N4O2. The molecule has 0 saturated carbocycles. The highest BCUT2D eigenvalue weighted by atomic mass is 16.2. The predicted molar refractivity (Wildman–Crippen MR) is 116 cm³/mol. The van der Waals surface area contributed by atoms with Gasteiger partial charge >= 0.3 is 0 Å². The minimum Gasteiger partial charge on any atom is -0.299 e. The molecule has 1 aromatic carbocycles. The van der Waals surface area contributed by atoms with Crippen LogP contribution in [-0.2, 0) is 22.6 Å². The number of rotatable bonds is 6. The van der Waals surface area contributed by atoms with Gasteiger partial charge in [0.15, 0.2) is 0 Å². The number of carbonyl (C=O) groups is 2. The summed E-state index contributed by atoms with van der Waals surface area (Å²) in [4.78, 5) is 31.5. The van der Waals surface area contributed by atoms with E-state index < -0.39 is 0 Å². The normalized spacial score (nSPS) is 13.2. The Morgan fingerprint density at radius 1 is 1.03 bits per heavy atom. The second-order valence-electron chi connectivity index (χ2n) is 7.86. The molecule has 4 rings (SSSR count). The van der Waals surface area contributed by atoms with Crippen molar-refractivity contribution in [2.75, 3.05) is 11.4 Å². The Morgan fingerprint density at radius 2 is 1.83 bits per heavy atom. The van der Waals surface area contributed by atoms with E-state index in [1.54, 1.807) is 11.1 Å². The molecule has 0 atom stereocenters. The summed E-state index contributed by atoms with van der Waals surface area (Å²) >= 11 is 0. The van der Waals surface area contributed by atoms with Crippen LogP contribution < -0.4 is 4.90 Å². The largest absolute Gasteiger partial charge is 0.299 e. The van der Waals surface area contributed by atoms with Gasteiger partial charge in [0.1, 0.15) is 11.6 Å². The lowest BCUT2D eigenvalue weighted by Gasteiger charge is -2.27. The van der Waals surface area contributed by atoms with Crippen molar-refractivity contribution in [3.05, 3.63) is 65.5 Å². The summed E-state index contributed by atoms with van der Waals surface area (Å²) < 4.78 is 1.88. The SMILES string of the molecule is Cc1cc2n(n1)CCCN2C(=O)CCC(=O)Cc1cnc(-c2ccccc2)c(C)c1. The maximum atomic E-state index is 12.7. The zero-order valence-corrected chi connectivity index (χ0v) is 17.5. The van der Waals surface area contributed by atoms with E-state index in [2.05, 4.69) is 10.1 Å². The molecule has 6 nitrogen and oxygen atoms in total. The summed E-state index contributed by atoms with van der Waals surface area (Å²) in [5.74, 6) is 0.879. The number of aryl methyl sites for hydroxylation is 3. The topological polar surface area (TPSA) is 68.1 Å². The Morgan fingerprint density at radius 3 is 2.60 bits per heavy atom. The van der Waals surface area contributed by atoms with Crippen molar-refractivity contribution in [3.63, 3.8) is 0 Å². The van der Waals surface area contributed by atoms with Gasteiger partial charge in [-0.25, -0.2) is 4.68 Å². The predicted octanol–water partition coefficient (Wildman–Crippen LogP) is 3.89. The van der Waals surface area contributed by atoms with Gasteiger partial charge in [-0.05, 0) is 31.4 Å². The summed E-state index contributed by atoms with van der Waals surface area (Å²) in [6, 6.07) is 14.0. The van der Waals surface area contributed by atoms with Crippen molar-refractivity contribution in [1.29, 1.82) is 0 Å². The third-order valence-electron chi connectivity index (χ3n) is 5.41. The van der Waals surface area contributed by atoms with Crippen molar-refractivity contribution in [3.8, 4) is 11.3 Å².